The number of likely N-dealkylation sites (N-methyl/N-ethyl adjacent to an activating group) is 1. The Kier molecular flexibility index (Phi) is 4.04. The van der Waals surface area contributed by atoms with Crippen LogP contribution in [0.4, 0.5) is 4.79 Å². The first-order chi connectivity index (χ1) is 10.6. The third kappa shape index (κ3) is 3.08. The predicted octanol–water partition coefficient (Wildman–Crippen LogP) is 1.11. The Morgan fingerprint density at radius 3 is 3.00 bits per heavy atom. The molecule has 3 rings (SSSR count). The molecule has 7 nitrogen and oxygen atoms in total. The maximum Gasteiger partial charge on any atom is 0.410 e. The number of ether oxygens (including phenoxy) is 1. The van der Waals surface area contributed by atoms with E-state index in [-0.39, 0.29) is 12.0 Å². The fourth-order valence-electron chi connectivity index (χ4n) is 3.30. The van der Waals surface area contributed by atoms with Crippen LogP contribution in [0.15, 0.2) is 18.5 Å². The van der Waals surface area contributed by atoms with Crippen LogP contribution >= 0.6 is 0 Å². The van der Waals surface area contributed by atoms with E-state index in [9.17, 15) is 9.59 Å². The first kappa shape index (κ1) is 14.9. The fraction of sp³-hybridized carbons (Fsp3) is 0.667. The molecule has 0 radical (unpaired) electrons. The normalized spacial score (nSPS) is 24.9. The maximum atomic E-state index is 12.4. The summed E-state index contributed by atoms with van der Waals surface area (Å²) in [6, 6.07) is 1.88. The second-order valence-electron chi connectivity index (χ2n) is 6.20. The van der Waals surface area contributed by atoms with Crippen molar-refractivity contribution in [2.45, 2.75) is 37.8 Å². The molecule has 1 atom stereocenters. The van der Waals surface area contributed by atoms with E-state index in [4.69, 9.17) is 4.74 Å². The zero-order valence-electron chi connectivity index (χ0n) is 12.9. The minimum atomic E-state index is -0.498. The number of nitrogens with zero attached hydrogens (tertiary/aromatic N) is 4. The summed E-state index contributed by atoms with van der Waals surface area (Å²) in [5.41, 5.74) is -0.498. The molecule has 1 aromatic heterocycles. The van der Waals surface area contributed by atoms with E-state index in [0.717, 1.165) is 32.4 Å². The summed E-state index contributed by atoms with van der Waals surface area (Å²) in [6.45, 7) is 2.59. The Bertz CT molecular complexity index is 545. The van der Waals surface area contributed by atoms with E-state index in [0.29, 0.717) is 19.5 Å². The third-order valence-electron chi connectivity index (χ3n) is 4.37. The van der Waals surface area contributed by atoms with Crippen molar-refractivity contribution in [3.05, 3.63) is 18.5 Å². The van der Waals surface area contributed by atoms with Gasteiger partial charge in [0.2, 0.25) is 5.91 Å². The van der Waals surface area contributed by atoms with Gasteiger partial charge in [-0.2, -0.15) is 5.10 Å². The zero-order chi connectivity index (χ0) is 15.6. The van der Waals surface area contributed by atoms with Crippen LogP contribution < -0.4 is 0 Å². The smallest absolute Gasteiger partial charge is 0.410 e. The number of aryl methyl sites for hydroxylation is 1. The summed E-state index contributed by atoms with van der Waals surface area (Å²) < 4.78 is 7.36. The van der Waals surface area contributed by atoms with E-state index in [1.54, 1.807) is 18.1 Å². The van der Waals surface area contributed by atoms with Crippen LogP contribution in [0.1, 0.15) is 25.7 Å². The van der Waals surface area contributed by atoms with Crippen molar-refractivity contribution in [1.29, 1.82) is 0 Å². The molecule has 7 heteroatoms. The van der Waals surface area contributed by atoms with Crippen molar-refractivity contribution in [2.24, 2.45) is 0 Å². The number of carbonyl (C=O) groups is 2. The van der Waals surface area contributed by atoms with Crippen LogP contribution in [0, 0.1) is 0 Å². The monoisotopic (exact) mass is 306 g/mol. The lowest BCUT2D eigenvalue weighted by atomic mass is 9.92. The van der Waals surface area contributed by atoms with Gasteiger partial charge in [-0.05, 0) is 25.3 Å². The van der Waals surface area contributed by atoms with E-state index >= 15 is 0 Å². The zero-order valence-corrected chi connectivity index (χ0v) is 12.9. The molecular formula is C15H22N4O3. The standard InChI is InChI=1S/C15H22N4O3/c1-17-11-15(22-14(17)21)6-3-8-18(12-15)13(20)5-2-9-19-10-4-7-16-19/h4,7,10H,2-3,5-6,8-9,11-12H2,1H3/t15-/m1/s1. The van der Waals surface area contributed by atoms with Gasteiger partial charge in [-0.15, -0.1) is 0 Å². The highest BCUT2D eigenvalue weighted by atomic mass is 16.6. The Balaban J connectivity index is 1.51. The molecule has 1 aromatic rings. The van der Waals surface area contributed by atoms with Crippen LogP contribution in [0.5, 0.6) is 0 Å². The lowest BCUT2D eigenvalue weighted by Gasteiger charge is -2.38. The second-order valence-corrected chi connectivity index (χ2v) is 6.20. The van der Waals surface area contributed by atoms with Gasteiger partial charge in [-0.1, -0.05) is 0 Å². The highest BCUT2D eigenvalue weighted by Gasteiger charge is 2.47. The molecule has 0 aromatic carbocycles. The van der Waals surface area contributed by atoms with Gasteiger partial charge in [0.1, 0.15) is 5.60 Å². The van der Waals surface area contributed by atoms with E-state index in [2.05, 4.69) is 5.10 Å². The summed E-state index contributed by atoms with van der Waals surface area (Å²) in [4.78, 5) is 27.4. The molecule has 22 heavy (non-hydrogen) atoms. The molecule has 2 fully saturated rings. The number of piperidine rings is 1. The largest absolute Gasteiger partial charge is 0.439 e. The quantitative estimate of drug-likeness (QED) is 0.835. The lowest BCUT2D eigenvalue weighted by molar-refractivity contribution is -0.137. The van der Waals surface area contributed by atoms with Gasteiger partial charge < -0.3 is 14.5 Å². The minimum absolute atomic E-state index is 0.136. The number of amides is 2. The van der Waals surface area contributed by atoms with E-state index < -0.39 is 5.60 Å². The van der Waals surface area contributed by atoms with Crippen LogP contribution in [0.3, 0.4) is 0 Å². The van der Waals surface area contributed by atoms with Gasteiger partial charge in [0.05, 0.1) is 13.1 Å². The average molecular weight is 306 g/mol. The van der Waals surface area contributed by atoms with Gasteiger partial charge in [-0.25, -0.2) is 4.79 Å². The Morgan fingerprint density at radius 2 is 2.32 bits per heavy atom. The number of hydrogen-bond donors (Lipinski definition) is 0. The van der Waals surface area contributed by atoms with E-state index in [1.807, 2.05) is 21.8 Å². The number of carbonyl (C=O) groups excluding carboxylic acids is 2. The van der Waals surface area contributed by atoms with Crippen LogP contribution in [0.2, 0.25) is 0 Å². The summed E-state index contributed by atoms with van der Waals surface area (Å²) in [5.74, 6) is 0.136. The fourth-order valence-corrected chi connectivity index (χ4v) is 3.30. The van der Waals surface area contributed by atoms with Crippen LogP contribution in [0.25, 0.3) is 0 Å². The molecule has 0 N–H and O–H groups in total. The van der Waals surface area contributed by atoms with Crippen molar-refractivity contribution >= 4 is 12.0 Å². The molecule has 2 amide bonds. The van der Waals surface area contributed by atoms with Crippen LogP contribution in [-0.2, 0) is 16.1 Å². The van der Waals surface area contributed by atoms with Crippen molar-refractivity contribution in [1.82, 2.24) is 19.6 Å². The molecule has 3 heterocycles. The number of likely N-dealkylation sites (tertiary alicyclic amines) is 1. The van der Waals surface area contributed by atoms with Crippen LogP contribution in [-0.4, -0.2) is 63.9 Å². The first-order valence-corrected chi connectivity index (χ1v) is 7.77. The van der Waals surface area contributed by atoms with Gasteiger partial charge in [0.15, 0.2) is 0 Å². The average Bonchev–Trinajstić information content (AvgIpc) is 3.08. The third-order valence-corrected chi connectivity index (χ3v) is 4.37. The van der Waals surface area contributed by atoms with Crippen molar-refractivity contribution < 1.29 is 14.3 Å². The minimum Gasteiger partial charge on any atom is -0.439 e. The van der Waals surface area contributed by atoms with Crippen molar-refractivity contribution in [2.75, 3.05) is 26.7 Å². The Labute approximate surface area is 129 Å². The second kappa shape index (κ2) is 5.98. The van der Waals surface area contributed by atoms with Gasteiger partial charge in [-0.3, -0.25) is 9.48 Å². The molecule has 120 valence electrons. The molecule has 0 unspecified atom stereocenters. The SMILES string of the molecule is CN1C[C@@]2(CCCN(C(=O)CCCn3cccn3)C2)OC1=O. The van der Waals surface area contributed by atoms with Crippen molar-refractivity contribution in [3.8, 4) is 0 Å². The summed E-state index contributed by atoms with van der Waals surface area (Å²) in [6.07, 6.45) is 6.33. The topological polar surface area (TPSA) is 67.7 Å². The van der Waals surface area contributed by atoms with Gasteiger partial charge in [0, 0.05) is 39.0 Å². The molecule has 2 aliphatic rings. The number of rotatable bonds is 4. The maximum absolute atomic E-state index is 12.4. The molecule has 2 aliphatic heterocycles. The predicted molar refractivity (Wildman–Crippen MR) is 79.1 cm³/mol. The van der Waals surface area contributed by atoms with Gasteiger partial charge in [0.25, 0.3) is 0 Å². The summed E-state index contributed by atoms with van der Waals surface area (Å²) >= 11 is 0. The lowest BCUT2D eigenvalue weighted by Crippen LogP contribution is -2.52. The summed E-state index contributed by atoms with van der Waals surface area (Å²) in [5, 5.41) is 4.13. The Morgan fingerprint density at radius 1 is 1.45 bits per heavy atom. The molecular weight excluding hydrogens is 284 g/mol. The highest BCUT2D eigenvalue weighted by Crippen LogP contribution is 2.31. The van der Waals surface area contributed by atoms with E-state index in [1.165, 1.54) is 0 Å². The van der Waals surface area contributed by atoms with Gasteiger partial charge >= 0.3 is 6.09 Å². The highest BCUT2D eigenvalue weighted by molar-refractivity contribution is 5.77. The number of aromatic nitrogens is 2. The molecule has 0 saturated carbocycles. The molecule has 0 aliphatic carbocycles. The summed E-state index contributed by atoms with van der Waals surface area (Å²) in [7, 11) is 1.74. The molecule has 1 spiro atoms. The molecule has 2 saturated heterocycles. The number of hydrogen-bond acceptors (Lipinski definition) is 4. The Hall–Kier alpha value is -2.05. The molecule has 0 bridgehead atoms. The van der Waals surface area contributed by atoms with Crippen molar-refractivity contribution in [3.63, 3.8) is 0 Å². The first-order valence-electron chi connectivity index (χ1n) is 7.77.